The highest BCUT2D eigenvalue weighted by Crippen LogP contribution is 2.38. The van der Waals surface area contributed by atoms with Crippen molar-refractivity contribution in [3.63, 3.8) is 0 Å². The number of urea groups is 1. The molecule has 1 N–H and O–H groups in total. The van der Waals surface area contributed by atoms with Crippen LogP contribution in [0.15, 0.2) is 24.3 Å². The van der Waals surface area contributed by atoms with Gasteiger partial charge >= 0.3 is 6.03 Å². The number of benzene rings is 1. The molecule has 1 aromatic carbocycles. The summed E-state index contributed by atoms with van der Waals surface area (Å²) in [5.74, 6) is 0.145. The van der Waals surface area contributed by atoms with E-state index < -0.39 is 5.54 Å². The van der Waals surface area contributed by atoms with Crippen LogP contribution in [0.3, 0.4) is 0 Å². The van der Waals surface area contributed by atoms with Crippen LogP contribution in [0.1, 0.15) is 38.2 Å². The SMILES string of the molecule is CC1CCCCC12NC(=O)N(CN(C)Cc1ccc(N(C)C)cc1)C2=O. The molecule has 2 atom stereocenters. The first-order chi connectivity index (χ1) is 12.3. The van der Waals surface area contributed by atoms with Gasteiger partial charge in [0.05, 0.1) is 6.67 Å². The normalized spacial score (nSPS) is 25.9. The standard InChI is InChI=1S/C20H30N4O2/c1-15-7-5-6-12-20(15)18(25)24(19(26)21-20)14-23(4)13-16-8-10-17(11-9-16)22(2)3/h8-11,15H,5-7,12-14H2,1-4H3,(H,21,26). The highest BCUT2D eigenvalue weighted by molar-refractivity contribution is 6.07. The van der Waals surface area contributed by atoms with E-state index in [-0.39, 0.29) is 17.9 Å². The molecule has 2 unspecified atom stereocenters. The first-order valence-corrected chi connectivity index (χ1v) is 9.42. The van der Waals surface area contributed by atoms with Crippen LogP contribution in [0, 0.1) is 5.92 Å². The summed E-state index contributed by atoms with van der Waals surface area (Å²) in [5.41, 5.74) is 1.63. The Kier molecular flexibility index (Phi) is 5.23. The largest absolute Gasteiger partial charge is 0.378 e. The van der Waals surface area contributed by atoms with Gasteiger partial charge in [-0.3, -0.25) is 9.69 Å². The third-order valence-electron chi connectivity index (χ3n) is 5.79. The summed E-state index contributed by atoms with van der Waals surface area (Å²) in [6.45, 7) is 3.08. The lowest BCUT2D eigenvalue weighted by Gasteiger charge is -2.37. The number of carbonyl (C=O) groups excluding carboxylic acids is 2. The van der Waals surface area contributed by atoms with Crippen molar-refractivity contribution in [2.75, 3.05) is 32.7 Å². The number of hydrogen-bond donors (Lipinski definition) is 1. The third kappa shape index (κ3) is 3.43. The van der Waals surface area contributed by atoms with Crippen molar-refractivity contribution in [1.82, 2.24) is 15.1 Å². The van der Waals surface area contributed by atoms with E-state index in [1.165, 1.54) is 4.90 Å². The predicted octanol–water partition coefficient (Wildman–Crippen LogP) is 2.64. The smallest absolute Gasteiger partial charge is 0.326 e. The lowest BCUT2D eigenvalue weighted by atomic mass is 9.73. The summed E-state index contributed by atoms with van der Waals surface area (Å²) in [5, 5.41) is 3.01. The van der Waals surface area contributed by atoms with Crippen molar-refractivity contribution in [2.45, 2.75) is 44.7 Å². The second-order valence-corrected chi connectivity index (χ2v) is 8.00. The van der Waals surface area contributed by atoms with E-state index in [0.717, 1.165) is 36.9 Å². The lowest BCUT2D eigenvalue weighted by molar-refractivity contribution is -0.135. The second kappa shape index (κ2) is 7.27. The minimum atomic E-state index is -0.677. The maximum absolute atomic E-state index is 13.0. The molecule has 2 fully saturated rings. The maximum Gasteiger partial charge on any atom is 0.326 e. The van der Waals surface area contributed by atoms with Gasteiger partial charge in [-0.15, -0.1) is 0 Å². The number of anilines is 1. The Morgan fingerprint density at radius 3 is 2.46 bits per heavy atom. The summed E-state index contributed by atoms with van der Waals surface area (Å²) >= 11 is 0. The Morgan fingerprint density at radius 2 is 1.85 bits per heavy atom. The van der Waals surface area contributed by atoms with Crippen LogP contribution in [0.4, 0.5) is 10.5 Å². The minimum Gasteiger partial charge on any atom is -0.378 e. The highest BCUT2D eigenvalue weighted by atomic mass is 16.2. The molecule has 3 amide bonds. The van der Waals surface area contributed by atoms with Gasteiger partial charge in [0, 0.05) is 26.3 Å². The molecule has 1 saturated heterocycles. The van der Waals surface area contributed by atoms with Crippen molar-refractivity contribution in [3.8, 4) is 0 Å². The summed E-state index contributed by atoms with van der Waals surface area (Å²) in [7, 11) is 5.97. The number of imide groups is 1. The average molecular weight is 358 g/mol. The summed E-state index contributed by atoms with van der Waals surface area (Å²) < 4.78 is 0. The van der Waals surface area contributed by atoms with Gasteiger partial charge in [-0.1, -0.05) is 31.9 Å². The van der Waals surface area contributed by atoms with Gasteiger partial charge < -0.3 is 10.2 Å². The summed E-state index contributed by atoms with van der Waals surface area (Å²) in [6.07, 6.45) is 3.88. The van der Waals surface area contributed by atoms with Crippen molar-refractivity contribution in [3.05, 3.63) is 29.8 Å². The summed E-state index contributed by atoms with van der Waals surface area (Å²) in [6, 6.07) is 8.08. The fraction of sp³-hybridized carbons (Fsp3) is 0.600. The molecule has 1 spiro atoms. The molecule has 2 aliphatic rings. The van der Waals surface area contributed by atoms with Crippen molar-refractivity contribution in [1.29, 1.82) is 0 Å². The number of hydrogen-bond acceptors (Lipinski definition) is 4. The number of rotatable bonds is 5. The Balaban J connectivity index is 1.64. The van der Waals surface area contributed by atoms with E-state index in [1.807, 2.05) is 26.0 Å². The average Bonchev–Trinajstić information content (AvgIpc) is 2.83. The van der Waals surface area contributed by atoms with E-state index in [9.17, 15) is 9.59 Å². The summed E-state index contributed by atoms with van der Waals surface area (Å²) in [4.78, 5) is 30.9. The number of carbonyl (C=O) groups is 2. The molecule has 1 aliphatic heterocycles. The van der Waals surface area contributed by atoms with Crippen LogP contribution >= 0.6 is 0 Å². The molecule has 6 heteroatoms. The molecule has 6 nitrogen and oxygen atoms in total. The second-order valence-electron chi connectivity index (χ2n) is 8.00. The van der Waals surface area contributed by atoms with Gasteiger partial charge in [0.15, 0.2) is 0 Å². The molecule has 0 radical (unpaired) electrons. The van der Waals surface area contributed by atoms with Crippen molar-refractivity contribution >= 4 is 17.6 Å². The van der Waals surface area contributed by atoms with Crippen molar-refractivity contribution < 1.29 is 9.59 Å². The zero-order valence-electron chi connectivity index (χ0n) is 16.3. The Labute approximate surface area is 156 Å². The Bertz CT molecular complexity index is 673. The number of amides is 3. The van der Waals surface area contributed by atoms with Gasteiger partial charge in [0.1, 0.15) is 5.54 Å². The Hall–Kier alpha value is -2.08. The van der Waals surface area contributed by atoms with E-state index in [1.54, 1.807) is 0 Å². The molecule has 3 rings (SSSR count). The fourth-order valence-electron chi connectivity index (χ4n) is 4.13. The van der Waals surface area contributed by atoms with Crippen molar-refractivity contribution in [2.24, 2.45) is 5.92 Å². The molecule has 1 saturated carbocycles. The van der Waals surface area contributed by atoms with Crippen LogP contribution in [0.2, 0.25) is 0 Å². The molecule has 142 valence electrons. The van der Waals surface area contributed by atoms with E-state index >= 15 is 0 Å². The molecule has 1 aliphatic carbocycles. The topological polar surface area (TPSA) is 55.9 Å². The first kappa shape index (κ1) is 18.7. The maximum atomic E-state index is 13.0. The van der Waals surface area contributed by atoms with Crippen LogP contribution in [0.25, 0.3) is 0 Å². The molecule has 0 bridgehead atoms. The van der Waals surface area contributed by atoms with Gasteiger partial charge in [-0.05, 0) is 43.5 Å². The molecular formula is C20H30N4O2. The van der Waals surface area contributed by atoms with Gasteiger partial charge in [-0.25, -0.2) is 9.69 Å². The van der Waals surface area contributed by atoms with E-state index in [0.29, 0.717) is 13.2 Å². The zero-order chi connectivity index (χ0) is 18.9. The van der Waals surface area contributed by atoms with Crippen LogP contribution in [-0.4, -0.2) is 55.1 Å². The third-order valence-corrected chi connectivity index (χ3v) is 5.79. The van der Waals surface area contributed by atoms with Crippen LogP contribution in [-0.2, 0) is 11.3 Å². The van der Waals surface area contributed by atoms with Gasteiger partial charge in [0.2, 0.25) is 0 Å². The van der Waals surface area contributed by atoms with Crippen LogP contribution < -0.4 is 10.2 Å². The minimum absolute atomic E-state index is 0.0514. The quantitative estimate of drug-likeness (QED) is 0.822. The monoisotopic (exact) mass is 358 g/mol. The number of nitrogens with one attached hydrogen (secondary N) is 1. The van der Waals surface area contributed by atoms with Gasteiger partial charge in [-0.2, -0.15) is 0 Å². The molecule has 1 heterocycles. The fourth-order valence-corrected chi connectivity index (χ4v) is 4.13. The molecule has 26 heavy (non-hydrogen) atoms. The highest BCUT2D eigenvalue weighted by Gasteiger charge is 2.54. The molecule has 1 aromatic rings. The lowest BCUT2D eigenvalue weighted by Crippen LogP contribution is -2.54. The number of nitrogens with zero attached hydrogens (tertiary/aromatic N) is 3. The Morgan fingerprint density at radius 1 is 1.15 bits per heavy atom. The van der Waals surface area contributed by atoms with E-state index in [4.69, 9.17) is 0 Å². The molecule has 0 aromatic heterocycles. The molecular weight excluding hydrogens is 328 g/mol. The van der Waals surface area contributed by atoms with E-state index in [2.05, 4.69) is 41.4 Å². The van der Waals surface area contributed by atoms with Gasteiger partial charge in [0.25, 0.3) is 5.91 Å². The zero-order valence-corrected chi connectivity index (χ0v) is 16.3. The predicted molar refractivity (Wildman–Crippen MR) is 103 cm³/mol. The van der Waals surface area contributed by atoms with Crippen LogP contribution in [0.5, 0.6) is 0 Å². The first-order valence-electron chi connectivity index (χ1n) is 9.42.